The monoisotopic (exact) mass is 379 g/mol. The lowest BCUT2D eigenvalue weighted by Gasteiger charge is -2.41. The number of hydrogen-bond donors (Lipinski definition) is 2. The van der Waals surface area contributed by atoms with E-state index in [1.165, 1.54) is 0 Å². The van der Waals surface area contributed by atoms with Crippen LogP contribution in [0.5, 0.6) is 0 Å². The van der Waals surface area contributed by atoms with Crippen molar-refractivity contribution in [3.63, 3.8) is 0 Å². The molecule has 5 nitrogen and oxygen atoms in total. The number of aliphatic hydroxyl groups is 2. The first kappa shape index (κ1) is 19.9. The summed E-state index contributed by atoms with van der Waals surface area (Å²) in [6.07, 6.45) is 0.165. The highest BCUT2D eigenvalue weighted by Gasteiger charge is 2.40. The van der Waals surface area contributed by atoms with Crippen LogP contribution >= 0.6 is 0 Å². The van der Waals surface area contributed by atoms with Crippen molar-refractivity contribution in [3.8, 4) is 11.8 Å². The average molecular weight is 379 g/mol. The number of rotatable bonds is 3. The minimum absolute atomic E-state index is 0.200. The summed E-state index contributed by atoms with van der Waals surface area (Å²) in [5.74, 6) is 5.30. The van der Waals surface area contributed by atoms with Crippen LogP contribution < -0.4 is 0 Å². The van der Waals surface area contributed by atoms with Gasteiger partial charge in [-0.25, -0.2) is 4.79 Å². The van der Waals surface area contributed by atoms with Crippen molar-refractivity contribution in [2.24, 2.45) is 0 Å². The molecule has 0 unspecified atom stereocenters. The number of piperidine rings is 1. The van der Waals surface area contributed by atoms with Crippen LogP contribution in [-0.4, -0.2) is 40.0 Å². The van der Waals surface area contributed by atoms with Crippen LogP contribution in [0.3, 0.4) is 0 Å². The Kier molecular flexibility index (Phi) is 6.35. The maximum atomic E-state index is 12.8. The van der Waals surface area contributed by atoms with Gasteiger partial charge < -0.3 is 19.8 Å². The van der Waals surface area contributed by atoms with Crippen molar-refractivity contribution >= 4 is 6.09 Å². The summed E-state index contributed by atoms with van der Waals surface area (Å²) >= 11 is 0. The van der Waals surface area contributed by atoms with Crippen molar-refractivity contribution < 1.29 is 19.7 Å². The molecule has 1 fully saturated rings. The zero-order valence-corrected chi connectivity index (χ0v) is 16.0. The van der Waals surface area contributed by atoms with Gasteiger partial charge >= 0.3 is 6.09 Å². The normalized spacial score (nSPS) is 21.5. The molecular weight excluding hydrogens is 354 g/mol. The number of amides is 1. The Labute approximate surface area is 165 Å². The summed E-state index contributed by atoms with van der Waals surface area (Å²) in [4.78, 5) is 14.4. The van der Waals surface area contributed by atoms with Gasteiger partial charge in [0.25, 0.3) is 0 Å². The summed E-state index contributed by atoms with van der Waals surface area (Å²) in [5.41, 5.74) is 1.72. The van der Waals surface area contributed by atoms with Crippen LogP contribution in [0.15, 0.2) is 54.6 Å². The zero-order chi connectivity index (χ0) is 20.0. The highest BCUT2D eigenvalue weighted by atomic mass is 16.6. The van der Waals surface area contributed by atoms with Gasteiger partial charge in [0.2, 0.25) is 0 Å². The second-order valence-corrected chi connectivity index (χ2v) is 7.11. The zero-order valence-electron chi connectivity index (χ0n) is 16.0. The van der Waals surface area contributed by atoms with E-state index < -0.39 is 11.7 Å². The Hall–Kier alpha value is -2.81. The average Bonchev–Trinajstić information content (AvgIpc) is 2.72. The molecule has 146 valence electrons. The molecule has 5 heteroatoms. The summed E-state index contributed by atoms with van der Waals surface area (Å²) in [5, 5.41) is 19.8. The van der Waals surface area contributed by atoms with E-state index >= 15 is 0 Å². The van der Waals surface area contributed by atoms with Crippen LogP contribution in [0.1, 0.15) is 35.6 Å². The Morgan fingerprint density at radius 3 is 2.61 bits per heavy atom. The molecule has 1 heterocycles. The van der Waals surface area contributed by atoms with Crippen molar-refractivity contribution in [1.29, 1.82) is 0 Å². The van der Waals surface area contributed by atoms with Gasteiger partial charge in [-0.05, 0) is 18.1 Å². The number of benzene rings is 2. The van der Waals surface area contributed by atoms with E-state index in [0.29, 0.717) is 13.0 Å². The minimum Gasteiger partial charge on any atom is -0.445 e. The first-order valence-electron chi connectivity index (χ1n) is 9.38. The minimum atomic E-state index is -1.24. The summed E-state index contributed by atoms with van der Waals surface area (Å²) in [7, 11) is 0. The quantitative estimate of drug-likeness (QED) is 0.804. The maximum Gasteiger partial charge on any atom is 0.410 e. The molecule has 2 atom stereocenters. The SMILES string of the molecule is Cc1ccc([C@@H]2C[C@@](O)(C#CCO)CCN2C(=O)OCc2ccccc2)cc1. The number of carbonyl (C=O) groups excluding carboxylic acids is 1. The Morgan fingerprint density at radius 2 is 1.93 bits per heavy atom. The van der Waals surface area contributed by atoms with Gasteiger partial charge in [-0.1, -0.05) is 72.0 Å². The summed E-state index contributed by atoms with van der Waals surface area (Å²) in [6.45, 7) is 2.22. The first-order chi connectivity index (χ1) is 13.5. The highest BCUT2D eigenvalue weighted by molar-refractivity contribution is 5.68. The number of likely N-dealkylation sites (tertiary alicyclic amines) is 1. The van der Waals surface area contributed by atoms with E-state index in [1.807, 2.05) is 61.5 Å². The highest BCUT2D eigenvalue weighted by Crippen LogP contribution is 2.37. The van der Waals surface area contributed by atoms with E-state index in [2.05, 4.69) is 11.8 Å². The Balaban J connectivity index is 1.79. The van der Waals surface area contributed by atoms with E-state index in [0.717, 1.165) is 16.7 Å². The van der Waals surface area contributed by atoms with E-state index in [9.17, 15) is 9.90 Å². The number of ether oxygens (including phenoxy) is 1. The molecule has 0 spiro atoms. The molecule has 1 aliphatic heterocycles. The smallest absolute Gasteiger partial charge is 0.410 e. The van der Waals surface area contributed by atoms with Crippen molar-refractivity contribution in [2.45, 2.75) is 38.0 Å². The molecule has 1 aliphatic rings. The van der Waals surface area contributed by atoms with Crippen molar-refractivity contribution in [1.82, 2.24) is 4.90 Å². The third kappa shape index (κ3) is 4.92. The van der Waals surface area contributed by atoms with Gasteiger partial charge in [0, 0.05) is 19.4 Å². The molecule has 2 aromatic rings. The van der Waals surface area contributed by atoms with Gasteiger partial charge in [0.15, 0.2) is 0 Å². The van der Waals surface area contributed by atoms with Crippen LogP contribution in [0.2, 0.25) is 0 Å². The topological polar surface area (TPSA) is 70.0 Å². The third-order valence-corrected chi connectivity index (χ3v) is 4.98. The van der Waals surface area contributed by atoms with Gasteiger partial charge in [0.05, 0.1) is 6.04 Å². The summed E-state index contributed by atoms with van der Waals surface area (Å²) < 4.78 is 5.52. The first-order valence-corrected chi connectivity index (χ1v) is 9.38. The van der Waals surface area contributed by atoms with Gasteiger partial charge in [-0.3, -0.25) is 0 Å². The van der Waals surface area contributed by atoms with Crippen LogP contribution in [0, 0.1) is 18.8 Å². The predicted octanol–water partition coefficient (Wildman–Crippen LogP) is 3.20. The molecule has 2 N–H and O–H groups in total. The fourth-order valence-electron chi connectivity index (χ4n) is 3.42. The molecule has 2 aromatic carbocycles. The molecule has 0 aromatic heterocycles. The standard InChI is InChI=1S/C23H25NO4/c1-18-8-10-20(11-9-18)21-16-23(27,12-5-15-25)13-14-24(21)22(26)28-17-19-6-3-2-4-7-19/h2-4,6-11,21,25,27H,13-17H2,1H3/t21-,23+/m0/s1. The lowest BCUT2D eigenvalue weighted by molar-refractivity contribution is -0.00876. The van der Waals surface area contributed by atoms with Crippen LogP contribution in [0.25, 0.3) is 0 Å². The second kappa shape index (κ2) is 8.92. The van der Waals surface area contributed by atoms with Gasteiger partial charge in [-0.15, -0.1) is 0 Å². The van der Waals surface area contributed by atoms with E-state index in [-0.39, 0.29) is 25.7 Å². The largest absolute Gasteiger partial charge is 0.445 e. The molecule has 0 aliphatic carbocycles. The van der Waals surface area contributed by atoms with E-state index in [4.69, 9.17) is 9.84 Å². The number of aliphatic hydroxyl groups excluding tert-OH is 1. The summed E-state index contributed by atoms with van der Waals surface area (Å²) in [6, 6.07) is 17.1. The Bertz CT molecular complexity index is 854. The fourth-order valence-corrected chi connectivity index (χ4v) is 3.42. The second-order valence-electron chi connectivity index (χ2n) is 7.11. The lowest BCUT2D eigenvalue weighted by Crippen LogP contribution is -2.48. The predicted molar refractivity (Wildman–Crippen MR) is 106 cm³/mol. The Morgan fingerprint density at radius 1 is 1.21 bits per heavy atom. The third-order valence-electron chi connectivity index (χ3n) is 4.98. The van der Waals surface area contributed by atoms with Crippen LogP contribution in [-0.2, 0) is 11.3 Å². The number of carbonyl (C=O) groups is 1. The maximum absolute atomic E-state index is 12.8. The molecule has 28 heavy (non-hydrogen) atoms. The number of aryl methyl sites for hydroxylation is 1. The molecule has 0 bridgehead atoms. The lowest BCUT2D eigenvalue weighted by atomic mass is 9.84. The van der Waals surface area contributed by atoms with Gasteiger partial charge in [-0.2, -0.15) is 0 Å². The molecule has 3 rings (SSSR count). The molecule has 1 saturated heterocycles. The molecule has 0 radical (unpaired) electrons. The van der Waals surface area contributed by atoms with E-state index in [1.54, 1.807) is 4.90 Å². The number of nitrogens with zero attached hydrogens (tertiary/aromatic N) is 1. The van der Waals surface area contributed by atoms with Gasteiger partial charge in [0.1, 0.15) is 18.8 Å². The molecule has 0 saturated carbocycles. The van der Waals surface area contributed by atoms with Crippen molar-refractivity contribution in [3.05, 3.63) is 71.3 Å². The fraction of sp³-hybridized carbons (Fsp3) is 0.348. The van der Waals surface area contributed by atoms with Crippen molar-refractivity contribution in [2.75, 3.05) is 13.2 Å². The van der Waals surface area contributed by atoms with Crippen LogP contribution in [0.4, 0.5) is 4.79 Å². The molecule has 1 amide bonds. The number of hydrogen-bond acceptors (Lipinski definition) is 4. The molecular formula is C23H25NO4.